The fourth-order valence-electron chi connectivity index (χ4n) is 0. The Labute approximate surface area is 44.8 Å². The third-order valence-corrected chi connectivity index (χ3v) is 1.06. The minimum Gasteiger partial charge on any atom is -0.512 e. The SMILES string of the molecule is C/C(O)=C\I. The van der Waals surface area contributed by atoms with Crippen LogP contribution >= 0.6 is 22.6 Å². The molecule has 0 spiro atoms. The molecule has 0 aliphatic rings. The molecule has 30 valence electrons. The van der Waals surface area contributed by atoms with E-state index in [1.54, 1.807) is 11.0 Å². The topological polar surface area (TPSA) is 20.2 Å². The highest BCUT2D eigenvalue weighted by molar-refractivity contribution is 14.1. The van der Waals surface area contributed by atoms with E-state index < -0.39 is 0 Å². The van der Waals surface area contributed by atoms with Gasteiger partial charge in [-0.05, 0) is 29.5 Å². The van der Waals surface area contributed by atoms with Gasteiger partial charge in [0.05, 0.1) is 5.76 Å². The summed E-state index contributed by atoms with van der Waals surface area (Å²) in [5.41, 5.74) is 0. The maximum Gasteiger partial charge on any atom is 0.0952 e. The van der Waals surface area contributed by atoms with Crippen LogP contribution in [0, 0.1) is 0 Å². The summed E-state index contributed by atoms with van der Waals surface area (Å²) in [6.45, 7) is 1.63. The van der Waals surface area contributed by atoms with Gasteiger partial charge in [0.25, 0.3) is 0 Å². The molecule has 0 saturated heterocycles. The lowest BCUT2D eigenvalue weighted by molar-refractivity contribution is 0.417. The van der Waals surface area contributed by atoms with E-state index in [0.29, 0.717) is 5.76 Å². The van der Waals surface area contributed by atoms with Crippen molar-refractivity contribution in [1.82, 2.24) is 0 Å². The lowest BCUT2D eigenvalue weighted by atomic mass is 10.7. The van der Waals surface area contributed by atoms with Gasteiger partial charge in [-0.3, -0.25) is 0 Å². The fourth-order valence-corrected chi connectivity index (χ4v) is 0. The summed E-state index contributed by atoms with van der Waals surface area (Å²) in [5, 5.41) is 8.21. The zero-order valence-corrected chi connectivity index (χ0v) is 5.06. The van der Waals surface area contributed by atoms with Gasteiger partial charge in [-0.1, -0.05) is 0 Å². The van der Waals surface area contributed by atoms with E-state index in [-0.39, 0.29) is 0 Å². The van der Waals surface area contributed by atoms with Crippen molar-refractivity contribution >= 4 is 22.6 Å². The van der Waals surface area contributed by atoms with Gasteiger partial charge in [0.15, 0.2) is 0 Å². The van der Waals surface area contributed by atoms with Crippen LogP contribution in [0.5, 0.6) is 0 Å². The Morgan fingerprint density at radius 2 is 2.20 bits per heavy atom. The molecule has 0 bridgehead atoms. The van der Waals surface area contributed by atoms with Gasteiger partial charge in [-0.25, -0.2) is 0 Å². The molecule has 0 amide bonds. The molecule has 1 nitrogen and oxygen atoms in total. The van der Waals surface area contributed by atoms with Crippen molar-refractivity contribution in [3.8, 4) is 0 Å². The molecular formula is C3H5IO. The van der Waals surface area contributed by atoms with E-state index in [9.17, 15) is 0 Å². The van der Waals surface area contributed by atoms with Crippen LogP contribution < -0.4 is 0 Å². The summed E-state index contributed by atoms with van der Waals surface area (Å²) >= 11 is 1.97. The van der Waals surface area contributed by atoms with Gasteiger partial charge in [-0.15, -0.1) is 0 Å². The van der Waals surface area contributed by atoms with Crippen molar-refractivity contribution in [2.24, 2.45) is 0 Å². The quantitative estimate of drug-likeness (QED) is 0.449. The Morgan fingerprint density at radius 3 is 2.20 bits per heavy atom. The smallest absolute Gasteiger partial charge is 0.0952 e. The first-order chi connectivity index (χ1) is 2.27. The Hall–Kier alpha value is 0.270. The molecule has 0 saturated carbocycles. The zero-order chi connectivity index (χ0) is 4.28. The van der Waals surface area contributed by atoms with Gasteiger partial charge in [0, 0.05) is 4.08 Å². The highest BCUT2D eigenvalue weighted by Gasteiger charge is 1.65. The zero-order valence-electron chi connectivity index (χ0n) is 2.90. The third kappa shape index (κ3) is 4.27. The Morgan fingerprint density at radius 1 is 2.00 bits per heavy atom. The standard InChI is InChI=1S/C3H5IO/c1-3(5)2-4/h2,5H,1H3/b3-2+. The number of aliphatic hydroxyl groups excluding tert-OH is 1. The molecule has 0 unspecified atom stereocenters. The van der Waals surface area contributed by atoms with Crippen molar-refractivity contribution in [1.29, 1.82) is 0 Å². The van der Waals surface area contributed by atoms with E-state index in [0.717, 1.165) is 0 Å². The van der Waals surface area contributed by atoms with Crippen molar-refractivity contribution in [2.45, 2.75) is 6.92 Å². The molecule has 0 heterocycles. The van der Waals surface area contributed by atoms with Crippen LogP contribution in [-0.2, 0) is 0 Å². The maximum atomic E-state index is 8.21. The monoisotopic (exact) mass is 184 g/mol. The van der Waals surface area contributed by atoms with Crippen molar-refractivity contribution < 1.29 is 5.11 Å². The average molecular weight is 184 g/mol. The molecule has 0 aliphatic heterocycles. The molecule has 0 aromatic heterocycles. The molecule has 2 heteroatoms. The fraction of sp³-hybridized carbons (Fsp3) is 0.333. The minimum absolute atomic E-state index is 0.366. The second-order valence-corrected chi connectivity index (χ2v) is 1.37. The summed E-state index contributed by atoms with van der Waals surface area (Å²) in [6.07, 6.45) is 0. The van der Waals surface area contributed by atoms with Crippen LogP contribution in [0.1, 0.15) is 6.92 Å². The first kappa shape index (κ1) is 5.27. The Bertz CT molecular complexity index is 44.9. The summed E-state index contributed by atoms with van der Waals surface area (Å²) < 4.78 is 1.61. The van der Waals surface area contributed by atoms with Crippen LogP contribution in [0.15, 0.2) is 9.84 Å². The van der Waals surface area contributed by atoms with Gasteiger partial charge in [0.1, 0.15) is 0 Å². The Balaban J connectivity index is 3.14. The molecule has 0 rings (SSSR count). The van der Waals surface area contributed by atoms with Crippen LogP contribution in [0.25, 0.3) is 0 Å². The largest absolute Gasteiger partial charge is 0.512 e. The predicted molar refractivity (Wildman–Crippen MR) is 30.4 cm³/mol. The summed E-state index contributed by atoms with van der Waals surface area (Å²) in [6, 6.07) is 0. The first-order valence-electron chi connectivity index (χ1n) is 1.23. The second-order valence-electron chi connectivity index (χ2n) is 0.750. The predicted octanol–water partition coefficient (Wildman–Crippen LogP) is 1.84. The van der Waals surface area contributed by atoms with Gasteiger partial charge in [-0.2, -0.15) is 0 Å². The second kappa shape index (κ2) is 2.50. The molecule has 0 aliphatic carbocycles. The first-order valence-corrected chi connectivity index (χ1v) is 2.48. The van der Waals surface area contributed by atoms with Crippen LogP contribution in [-0.4, -0.2) is 5.11 Å². The Kier molecular flexibility index (Phi) is 2.64. The lowest BCUT2D eigenvalue weighted by Gasteiger charge is -1.73. The molecular weight excluding hydrogens is 179 g/mol. The van der Waals surface area contributed by atoms with Crippen LogP contribution in [0.4, 0.5) is 0 Å². The number of hydrogen-bond acceptors (Lipinski definition) is 1. The summed E-state index contributed by atoms with van der Waals surface area (Å²) in [7, 11) is 0. The number of allylic oxidation sites excluding steroid dienone is 1. The molecule has 0 aromatic rings. The van der Waals surface area contributed by atoms with Gasteiger partial charge in [0.2, 0.25) is 0 Å². The number of aliphatic hydroxyl groups is 1. The molecule has 1 N–H and O–H groups in total. The number of hydrogen-bond donors (Lipinski definition) is 1. The van der Waals surface area contributed by atoms with Crippen molar-refractivity contribution in [3.05, 3.63) is 9.84 Å². The lowest BCUT2D eigenvalue weighted by Crippen LogP contribution is -1.58. The molecule has 0 atom stereocenters. The average Bonchev–Trinajstić information content (AvgIpc) is 1.38. The molecule has 5 heavy (non-hydrogen) atoms. The minimum atomic E-state index is 0.366. The van der Waals surface area contributed by atoms with E-state index in [4.69, 9.17) is 5.11 Å². The van der Waals surface area contributed by atoms with Crippen LogP contribution in [0.3, 0.4) is 0 Å². The number of halogens is 1. The van der Waals surface area contributed by atoms with Crippen molar-refractivity contribution in [3.63, 3.8) is 0 Å². The summed E-state index contributed by atoms with van der Waals surface area (Å²) in [4.78, 5) is 0. The third-order valence-electron chi connectivity index (χ3n) is 0.158. The number of rotatable bonds is 0. The van der Waals surface area contributed by atoms with Crippen LogP contribution in [0.2, 0.25) is 0 Å². The van der Waals surface area contributed by atoms with Gasteiger partial charge >= 0.3 is 0 Å². The summed E-state index contributed by atoms with van der Waals surface area (Å²) in [5.74, 6) is 0.366. The molecule has 0 aromatic carbocycles. The van der Waals surface area contributed by atoms with E-state index in [1.165, 1.54) is 0 Å². The van der Waals surface area contributed by atoms with E-state index in [2.05, 4.69) is 0 Å². The van der Waals surface area contributed by atoms with E-state index in [1.807, 2.05) is 22.6 Å². The van der Waals surface area contributed by atoms with Crippen molar-refractivity contribution in [2.75, 3.05) is 0 Å². The molecule has 0 radical (unpaired) electrons. The van der Waals surface area contributed by atoms with E-state index >= 15 is 0 Å². The molecule has 0 fully saturated rings. The maximum absolute atomic E-state index is 8.21. The van der Waals surface area contributed by atoms with Gasteiger partial charge < -0.3 is 5.11 Å². The highest BCUT2D eigenvalue weighted by Crippen LogP contribution is 1.88. The highest BCUT2D eigenvalue weighted by atomic mass is 127. The normalized spacial score (nSPS) is 12.0.